The Morgan fingerprint density at radius 1 is 1.18 bits per heavy atom. The van der Waals surface area contributed by atoms with Crippen molar-refractivity contribution in [1.82, 2.24) is 0 Å². The maximum atomic E-state index is 6.47. The molecule has 17 heavy (non-hydrogen) atoms. The van der Waals surface area contributed by atoms with Crippen molar-refractivity contribution in [3.8, 4) is 0 Å². The van der Waals surface area contributed by atoms with Crippen LogP contribution in [0.4, 0.5) is 0 Å². The zero-order valence-electron chi connectivity index (χ0n) is 10.6. The molecule has 0 amide bonds. The lowest BCUT2D eigenvalue weighted by Crippen LogP contribution is -2.22. The Balaban J connectivity index is 2.14. The van der Waals surface area contributed by atoms with Gasteiger partial charge in [-0.05, 0) is 48.9 Å². The fourth-order valence-corrected chi connectivity index (χ4v) is 3.41. The third-order valence-corrected chi connectivity index (χ3v) is 4.49. The van der Waals surface area contributed by atoms with Crippen LogP contribution in [0.25, 0.3) is 0 Å². The highest BCUT2D eigenvalue weighted by Gasteiger charge is 2.21. The van der Waals surface area contributed by atoms with Crippen LogP contribution in [0.2, 0.25) is 0 Å². The van der Waals surface area contributed by atoms with Crippen LogP contribution in [0.1, 0.15) is 55.7 Å². The van der Waals surface area contributed by atoms with Crippen LogP contribution in [0, 0.1) is 12.8 Å². The van der Waals surface area contributed by atoms with E-state index in [0.29, 0.717) is 5.92 Å². The molecule has 0 saturated heterocycles. The Labute approximate surface area is 113 Å². The molecule has 1 aliphatic carbocycles. The molecule has 1 unspecified atom stereocenters. The van der Waals surface area contributed by atoms with Gasteiger partial charge >= 0.3 is 0 Å². The highest BCUT2D eigenvalue weighted by atomic mass is 79.9. The summed E-state index contributed by atoms with van der Waals surface area (Å²) >= 11 is 3.51. The minimum Gasteiger partial charge on any atom is -0.324 e. The van der Waals surface area contributed by atoms with E-state index in [2.05, 4.69) is 41.1 Å². The van der Waals surface area contributed by atoms with Gasteiger partial charge in [0.2, 0.25) is 0 Å². The molecule has 0 radical (unpaired) electrons. The first kappa shape index (κ1) is 13.1. The number of rotatable bonds is 2. The second-order valence-electron chi connectivity index (χ2n) is 5.28. The van der Waals surface area contributed by atoms with Crippen LogP contribution in [-0.2, 0) is 0 Å². The average Bonchev–Trinajstić information content (AvgIpc) is 2.56. The third-order valence-electron chi connectivity index (χ3n) is 4.00. The molecule has 1 nitrogen and oxygen atoms in total. The van der Waals surface area contributed by atoms with E-state index < -0.39 is 0 Å². The summed E-state index contributed by atoms with van der Waals surface area (Å²) in [5.41, 5.74) is 9.12. The molecule has 1 aromatic carbocycles. The fourth-order valence-electron chi connectivity index (χ4n) is 2.94. The molecule has 0 aliphatic heterocycles. The number of hydrogen-bond donors (Lipinski definition) is 1. The molecule has 1 atom stereocenters. The zero-order valence-corrected chi connectivity index (χ0v) is 12.2. The number of benzene rings is 1. The summed E-state index contributed by atoms with van der Waals surface area (Å²) in [5.74, 6) is 0.678. The van der Waals surface area contributed by atoms with E-state index in [4.69, 9.17) is 5.73 Å². The summed E-state index contributed by atoms with van der Waals surface area (Å²) in [4.78, 5) is 0. The topological polar surface area (TPSA) is 26.0 Å². The first-order valence-electron chi connectivity index (χ1n) is 6.70. The molecular formula is C15H22BrN. The van der Waals surface area contributed by atoms with E-state index in [0.717, 1.165) is 4.47 Å². The van der Waals surface area contributed by atoms with Crippen molar-refractivity contribution >= 4 is 15.9 Å². The van der Waals surface area contributed by atoms with Gasteiger partial charge in [-0.2, -0.15) is 0 Å². The first-order chi connectivity index (χ1) is 8.18. The van der Waals surface area contributed by atoms with E-state index in [1.807, 2.05) is 0 Å². The summed E-state index contributed by atoms with van der Waals surface area (Å²) in [6, 6.07) is 6.70. The van der Waals surface area contributed by atoms with Crippen molar-refractivity contribution < 1.29 is 0 Å². The van der Waals surface area contributed by atoms with E-state index in [1.54, 1.807) is 0 Å². The van der Waals surface area contributed by atoms with Gasteiger partial charge in [0, 0.05) is 10.5 Å². The molecule has 0 bridgehead atoms. The molecule has 0 spiro atoms. The Hall–Kier alpha value is -0.340. The molecule has 1 aromatic rings. The largest absolute Gasteiger partial charge is 0.324 e. The summed E-state index contributed by atoms with van der Waals surface area (Å²) in [7, 11) is 0. The van der Waals surface area contributed by atoms with Crippen LogP contribution in [-0.4, -0.2) is 0 Å². The Morgan fingerprint density at radius 2 is 1.82 bits per heavy atom. The maximum absolute atomic E-state index is 6.47. The average molecular weight is 296 g/mol. The van der Waals surface area contributed by atoms with Crippen LogP contribution in [0.15, 0.2) is 22.7 Å². The Kier molecular flexibility index (Phi) is 4.63. The molecule has 2 heteroatoms. The van der Waals surface area contributed by atoms with Gasteiger partial charge in [0.05, 0.1) is 0 Å². The summed E-state index contributed by atoms with van der Waals surface area (Å²) in [5, 5.41) is 0. The summed E-state index contributed by atoms with van der Waals surface area (Å²) in [6.07, 6.45) is 8.10. The molecule has 1 aliphatic rings. The molecular weight excluding hydrogens is 274 g/mol. The normalized spacial score (nSPS) is 19.9. The highest BCUT2D eigenvalue weighted by molar-refractivity contribution is 9.10. The van der Waals surface area contributed by atoms with Gasteiger partial charge in [-0.25, -0.2) is 0 Å². The van der Waals surface area contributed by atoms with Crippen LogP contribution in [0.5, 0.6) is 0 Å². The van der Waals surface area contributed by atoms with Gasteiger partial charge in [0.1, 0.15) is 0 Å². The van der Waals surface area contributed by atoms with Gasteiger partial charge in [0.15, 0.2) is 0 Å². The van der Waals surface area contributed by atoms with Gasteiger partial charge in [-0.3, -0.25) is 0 Å². The fraction of sp³-hybridized carbons (Fsp3) is 0.600. The number of halogens is 1. The number of aryl methyl sites for hydroxylation is 1. The van der Waals surface area contributed by atoms with Crippen molar-refractivity contribution in [3.63, 3.8) is 0 Å². The number of hydrogen-bond acceptors (Lipinski definition) is 1. The molecule has 1 saturated carbocycles. The second kappa shape index (κ2) is 6.01. The van der Waals surface area contributed by atoms with Gasteiger partial charge < -0.3 is 5.73 Å². The lowest BCUT2D eigenvalue weighted by atomic mass is 9.86. The van der Waals surface area contributed by atoms with Gasteiger partial charge in [-0.15, -0.1) is 0 Å². The van der Waals surface area contributed by atoms with Gasteiger partial charge in [-0.1, -0.05) is 47.7 Å². The molecule has 1 fully saturated rings. The minimum atomic E-state index is 0.223. The lowest BCUT2D eigenvalue weighted by Gasteiger charge is -2.24. The highest BCUT2D eigenvalue weighted by Crippen LogP contribution is 2.33. The van der Waals surface area contributed by atoms with E-state index in [1.165, 1.54) is 49.7 Å². The predicted octanol–water partition coefficient (Wildman–Crippen LogP) is 4.73. The summed E-state index contributed by atoms with van der Waals surface area (Å²) < 4.78 is 1.15. The first-order valence-corrected chi connectivity index (χ1v) is 7.49. The van der Waals surface area contributed by atoms with Crippen LogP contribution >= 0.6 is 15.9 Å². The van der Waals surface area contributed by atoms with Crippen molar-refractivity contribution in [2.45, 2.75) is 51.5 Å². The Bertz CT molecular complexity index is 367. The van der Waals surface area contributed by atoms with E-state index in [-0.39, 0.29) is 6.04 Å². The standard InChI is InChI=1S/C15H22BrN/c1-11-10-13(16)8-9-14(11)15(17)12-6-4-2-3-5-7-12/h8-10,12,15H,2-7,17H2,1H3. The Morgan fingerprint density at radius 3 is 2.41 bits per heavy atom. The van der Waals surface area contributed by atoms with Crippen molar-refractivity contribution in [2.24, 2.45) is 11.7 Å². The van der Waals surface area contributed by atoms with E-state index in [9.17, 15) is 0 Å². The van der Waals surface area contributed by atoms with Gasteiger partial charge in [0.25, 0.3) is 0 Å². The number of nitrogens with two attached hydrogens (primary N) is 1. The molecule has 0 aromatic heterocycles. The van der Waals surface area contributed by atoms with Crippen LogP contribution in [0.3, 0.4) is 0 Å². The second-order valence-corrected chi connectivity index (χ2v) is 6.19. The molecule has 2 N–H and O–H groups in total. The zero-order chi connectivity index (χ0) is 12.3. The molecule has 94 valence electrons. The third kappa shape index (κ3) is 3.32. The maximum Gasteiger partial charge on any atom is 0.0326 e. The van der Waals surface area contributed by atoms with E-state index >= 15 is 0 Å². The van der Waals surface area contributed by atoms with Crippen molar-refractivity contribution in [3.05, 3.63) is 33.8 Å². The molecule has 2 rings (SSSR count). The smallest absolute Gasteiger partial charge is 0.0326 e. The minimum absolute atomic E-state index is 0.223. The van der Waals surface area contributed by atoms with Crippen LogP contribution < -0.4 is 5.73 Å². The van der Waals surface area contributed by atoms with Crippen molar-refractivity contribution in [1.29, 1.82) is 0 Å². The molecule has 0 heterocycles. The lowest BCUT2D eigenvalue weighted by molar-refractivity contribution is 0.381. The van der Waals surface area contributed by atoms with Crippen molar-refractivity contribution in [2.75, 3.05) is 0 Å². The predicted molar refractivity (Wildman–Crippen MR) is 77.0 cm³/mol. The monoisotopic (exact) mass is 295 g/mol. The summed E-state index contributed by atoms with van der Waals surface area (Å²) in [6.45, 7) is 2.16. The quantitative estimate of drug-likeness (QED) is 0.785. The SMILES string of the molecule is Cc1cc(Br)ccc1C(N)C1CCCCCC1.